The van der Waals surface area contributed by atoms with Crippen molar-refractivity contribution < 1.29 is 13.2 Å². The lowest BCUT2D eigenvalue weighted by Gasteiger charge is -2.10. The number of hydrogen-bond acceptors (Lipinski definition) is 3. The number of amides is 1. The molecule has 3 N–H and O–H groups in total. The van der Waals surface area contributed by atoms with Crippen LogP contribution in [0.25, 0.3) is 10.9 Å². The highest BCUT2D eigenvalue weighted by atomic mass is 32.2. The molecule has 2 aliphatic rings. The van der Waals surface area contributed by atoms with Crippen molar-refractivity contribution in [2.24, 2.45) is 0 Å². The summed E-state index contributed by atoms with van der Waals surface area (Å²) in [6.07, 6.45) is 6.14. The molecule has 0 radical (unpaired) electrons. The van der Waals surface area contributed by atoms with Gasteiger partial charge in [-0.15, -0.1) is 0 Å². The number of anilines is 1. The Morgan fingerprint density at radius 1 is 1.03 bits per heavy atom. The van der Waals surface area contributed by atoms with Crippen LogP contribution in [0.4, 0.5) is 5.69 Å². The van der Waals surface area contributed by atoms with E-state index in [-0.39, 0.29) is 16.8 Å². The van der Waals surface area contributed by atoms with Crippen LogP contribution < -0.4 is 10.0 Å². The van der Waals surface area contributed by atoms with Crippen molar-refractivity contribution in [3.8, 4) is 0 Å². The zero-order valence-corrected chi connectivity index (χ0v) is 16.8. The number of hydrogen-bond donors (Lipinski definition) is 3. The summed E-state index contributed by atoms with van der Waals surface area (Å²) in [5.74, 6) is -0.251. The summed E-state index contributed by atoms with van der Waals surface area (Å²) in [7, 11) is -3.56. The smallest absolute Gasteiger partial charge is 0.257 e. The highest BCUT2D eigenvalue weighted by molar-refractivity contribution is 7.89. The van der Waals surface area contributed by atoms with Gasteiger partial charge in [0.2, 0.25) is 10.0 Å². The minimum absolute atomic E-state index is 0.0368. The molecule has 1 saturated carbocycles. The molecule has 2 aromatic carbocycles. The normalized spacial score (nSPS) is 16.6. The molecule has 1 aromatic heterocycles. The second-order valence-electron chi connectivity index (χ2n) is 7.89. The van der Waals surface area contributed by atoms with Gasteiger partial charge in [-0.05, 0) is 68.4 Å². The lowest BCUT2D eigenvalue weighted by Crippen LogP contribution is -2.25. The SMILES string of the molecule is O=C(Nc1cccc(S(=O)(=O)NC2CC2)c1)c1cccc2c3c([nH]c12)CCCC3. The van der Waals surface area contributed by atoms with Gasteiger partial charge < -0.3 is 10.3 Å². The van der Waals surface area contributed by atoms with Crippen molar-refractivity contribution in [3.63, 3.8) is 0 Å². The van der Waals surface area contributed by atoms with Gasteiger partial charge in [0.1, 0.15) is 0 Å². The fourth-order valence-corrected chi connectivity index (χ4v) is 5.40. The van der Waals surface area contributed by atoms with E-state index in [1.165, 1.54) is 23.7 Å². The van der Waals surface area contributed by atoms with Gasteiger partial charge in [0, 0.05) is 22.8 Å². The van der Waals surface area contributed by atoms with Crippen molar-refractivity contribution in [1.82, 2.24) is 9.71 Å². The number of rotatable bonds is 5. The van der Waals surface area contributed by atoms with Crippen LogP contribution in [-0.4, -0.2) is 25.4 Å². The number of aryl methyl sites for hydroxylation is 2. The number of sulfonamides is 1. The molecule has 0 bridgehead atoms. The first-order valence-corrected chi connectivity index (χ1v) is 11.6. The maximum atomic E-state index is 13.0. The predicted octanol–water partition coefficient (Wildman–Crippen LogP) is 3.74. The molecule has 1 fully saturated rings. The Morgan fingerprint density at radius 2 is 1.83 bits per heavy atom. The summed E-state index contributed by atoms with van der Waals surface area (Å²) in [4.78, 5) is 16.6. The maximum Gasteiger partial charge on any atom is 0.257 e. The van der Waals surface area contributed by atoms with Gasteiger partial charge in [-0.3, -0.25) is 4.79 Å². The largest absolute Gasteiger partial charge is 0.358 e. The molecule has 6 nitrogen and oxygen atoms in total. The van der Waals surface area contributed by atoms with E-state index in [1.54, 1.807) is 24.3 Å². The van der Waals surface area contributed by atoms with E-state index in [2.05, 4.69) is 21.1 Å². The summed E-state index contributed by atoms with van der Waals surface area (Å²) in [5.41, 5.74) is 4.44. The van der Waals surface area contributed by atoms with Crippen LogP contribution in [0.5, 0.6) is 0 Å². The Bertz CT molecular complexity index is 1210. The summed E-state index contributed by atoms with van der Waals surface area (Å²) in [6.45, 7) is 0. The molecule has 0 saturated heterocycles. The molecule has 1 heterocycles. The monoisotopic (exact) mass is 409 g/mol. The molecule has 3 aromatic rings. The molecule has 29 heavy (non-hydrogen) atoms. The van der Waals surface area contributed by atoms with Gasteiger partial charge in [0.25, 0.3) is 5.91 Å². The van der Waals surface area contributed by atoms with Gasteiger partial charge >= 0.3 is 0 Å². The minimum atomic E-state index is -3.56. The molecule has 2 aliphatic carbocycles. The van der Waals surface area contributed by atoms with Gasteiger partial charge in [0.05, 0.1) is 16.0 Å². The van der Waals surface area contributed by atoms with Crippen LogP contribution in [-0.2, 0) is 22.9 Å². The fourth-order valence-electron chi connectivity index (χ4n) is 4.05. The third-order valence-electron chi connectivity index (χ3n) is 5.68. The fraction of sp³-hybridized carbons (Fsp3) is 0.318. The van der Waals surface area contributed by atoms with Gasteiger partial charge in [-0.2, -0.15) is 0 Å². The third kappa shape index (κ3) is 3.56. The molecular weight excluding hydrogens is 386 g/mol. The summed E-state index contributed by atoms with van der Waals surface area (Å²) in [5, 5.41) is 3.97. The number of para-hydroxylation sites is 1. The lowest BCUT2D eigenvalue weighted by molar-refractivity contribution is 0.102. The van der Waals surface area contributed by atoms with E-state index < -0.39 is 10.0 Å². The molecule has 0 unspecified atom stereocenters. The Kier molecular flexibility index (Phi) is 4.44. The van der Waals surface area contributed by atoms with Crippen molar-refractivity contribution in [2.75, 3.05) is 5.32 Å². The minimum Gasteiger partial charge on any atom is -0.358 e. The molecule has 1 amide bonds. The number of fused-ring (bicyclic) bond motifs is 3. The third-order valence-corrected chi connectivity index (χ3v) is 7.20. The number of aromatic nitrogens is 1. The first kappa shape index (κ1) is 18.4. The van der Waals surface area contributed by atoms with E-state index in [9.17, 15) is 13.2 Å². The van der Waals surface area contributed by atoms with Crippen LogP contribution in [0, 0.1) is 0 Å². The highest BCUT2D eigenvalue weighted by Gasteiger charge is 2.28. The highest BCUT2D eigenvalue weighted by Crippen LogP contribution is 2.31. The van der Waals surface area contributed by atoms with Crippen molar-refractivity contribution in [2.45, 2.75) is 49.5 Å². The second-order valence-corrected chi connectivity index (χ2v) is 9.61. The summed E-state index contributed by atoms with van der Waals surface area (Å²) in [6, 6.07) is 12.2. The molecule has 0 aliphatic heterocycles. The Morgan fingerprint density at radius 3 is 2.66 bits per heavy atom. The topological polar surface area (TPSA) is 91.1 Å². The second kappa shape index (κ2) is 7.00. The summed E-state index contributed by atoms with van der Waals surface area (Å²) < 4.78 is 27.6. The van der Waals surface area contributed by atoms with Crippen LogP contribution >= 0.6 is 0 Å². The molecular formula is C22H23N3O3S. The Balaban J connectivity index is 1.44. The number of carbonyl (C=O) groups is 1. The average Bonchev–Trinajstić information content (AvgIpc) is 3.44. The number of H-pyrrole nitrogens is 1. The van der Waals surface area contributed by atoms with Crippen molar-refractivity contribution in [3.05, 3.63) is 59.3 Å². The van der Waals surface area contributed by atoms with E-state index in [0.717, 1.165) is 43.0 Å². The quantitative estimate of drug-likeness (QED) is 0.599. The molecule has 7 heteroatoms. The van der Waals surface area contributed by atoms with Crippen LogP contribution in [0.3, 0.4) is 0 Å². The maximum absolute atomic E-state index is 13.0. The molecule has 0 spiro atoms. The van der Waals surface area contributed by atoms with E-state index in [0.29, 0.717) is 11.3 Å². The zero-order chi connectivity index (χ0) is 20.0. The average molecular weight is 410 g/mol. The Hall–Kier alpha value is -2.64. The number of nitrogens with one attached hydrogen (secondary N) is 3. The number of carbonyl (C=O) groups excluding carboxylic acids is 1. The van der Waals surface area contributed by atoms with Crippen LogP contribution in [0.2, 0.25) is 0 Å². The predicted molar refractivity (Wildman–Crippen MR) is 113 cm³/mol. The lowest BCUT2D eigenvalue weighted by atomic mass is 9.95. The zero-order valence-electron chi connectivity index (χ0n) is 16.0. The van der Waals surface area contributed by atoms with Gasteiger partial charge in [0.15, 0.2) is 0 Å². The van der Waals surface area contributed by atoms with E-state index >= 15 is 0 Å². The first-order chi connectivity index (χ1) is 14.0. The number of aromatic amines is 1. The summed E-state index contributed by atoms with van der Waals surface area (Å²) >= 11 is 0. The number of benzene rings is 2. The van der Waals surface area contributed by atoms with Crippen LogP contribution in [0.1, 0.15) is 47.3 Å². The van der Waals surface area contributed by atoms with E-state index in [4.69, 9.17) is 0 Å². The standard InChI is InChI=1S/C22H23N3O3S/c26-22(19-9-4-8-18-17-7-1-2-10-20(17)24-21(18)19)23-15-5-3-6-16(13-15)29(27,28)25-14-11-12-14/h3-6,8-9,13-14,24-25H,1-2,7,10-12H2,(H,23,26). The van der Waals surface area contributed by atoms with Gasteiger partial charge in [-0.1, -0.05) is 18.2 Å². The van der Waals surface area contributed by atoms with Crippen molar-refractivity contribution >= 4 is 32.5 Å². The molecule has 150 valence electrons. The molecule has 0 atom stereocenters. The molecule has 5 rings (SSSR count). The van der Waals surface area contributed by atoms with Crippen molar-refractivity contribution in [1.29, 1.82) is 0 Å². The van der Waals surface area contributed by atoms with Crippen LogP contribution in [0.15, 0.2) is 47.4 Å². The first-order valence-electron chi connectivity index (χ1n) is 10.1. The van der Waals surface area contributed by atoms with E-state index in [1.807, 2.05) is 6.07 Å². The Labute approximate surface area is 169 Å². The van der Waals surface area contributed by atoms with Gasteiger partial charge in [-0.25, -0.2) is 13.1 Å².